The lowest BCUT2D eigenvalue weighted by Crippen LogP contribution is -2.22. The molecule has 0 spiro atoms. The van der Waals surface area contributed by atoms with Crippen molar-refractivity contribution < 1.29 is 9.59 Å². The molecule has 29 heavy (non-hydrogen) atoms. The van der Waals surface area contributed by atoms with Gasteiger partial charge in [0.25, 0.3) is 5.91 Å². The van der Waals surface area contributed by atoms with Crippen molar-refractivity contribution in [1.29, 1.82) is 0 Å². The lowest BCUT2D eigenvalue weighted by atomic mass is 10.1. The van der Waals surface area contributed by atoms with Crippen LogP contribution in [0.4, 0.5) is 11.4 Å². The number of nitrogens with two attached hydrogens (primary N) is 1. The second-order valence-electron chi connectivity index (χ2n) is 7.15. The van der Waals surface area contributed by atoms with E-state index in [4.69, 9.17) is 5.73 Å². The Balaban J connectivity index is 1.53. The number of primary amides is 1. The van der Waals surface area contributed by atoms with Crippen LogP contribution in [0.2, 0.25) is 0 Å². The summed E-state index contributed by atoms with van der Waals surface area (Å²) in [6.07, 6.45) is 5.86. The number of nitrogens with one attached hydrogen (secondary N) is 1. The van der Waals surface area contributed by atoms with Gasteiger partial charge in [0.05, 0.1) is 17.9 Å². The van der Waals surface area contributed by atoms with E-state index in [9.17, 15) is 9.59 Å². The van der Waals surface area contributed by atoms with Crippen LogP contribution in [0, 0.1) is 0 Å². The quantitative estimate of drug-likeness (QED) is 0.678. The number of nitrogens with zero attached hydrogens (tertiary/aromatic N) is 3. The molecule has 1 aliphatic rings. The first-order valence-electron chi connectivity index (χ1n) is 9.67. The highest BCUT2D eigenvalue weighted by atomic mass is 16.2. The number of anilines is 2. The summed E-state index contributed by atoms with van der Waals surface area (Å²) >= 11 is 0. The van der Waals surface area contributed by atoms with Crippen molar-refractivity contribution in [2.24, 2.45) is 5.73 Å². The summed E-state index contributed by atoms with van der Waals surface area (Å²) in [5.41, 5.74) is 8.92. The van der Waals surface area contributed by atoms with Crippen molar-refractivity contribution in [3.8, 4) is 0 Å². The molecule has 7 nitrogen and oxygen atoms in total. The topological polar surface area (TPSA) is 93.3 Å². The van der Waals surface area contributed by atoms with Gasteiger partial charge in [0.15, 0.2) is 0 Å². The van der Waals surface area contributed by atoms with Gasteiger partial charge in [-0.1, -0.05) is 12.1 Å². The molecule has 2 amide bonds. The number of rotatable bonds is 6. The van der Waals surface area contributed by atoms with Crippen molar-refractivity contribution in [1.82, 2.24) is 9.78 Å². The molecule has 2 aromatic carbocycles. The Labute approximate surface area is 169 Å². The van der Waals surface area contributed by atoms with E-state index in [0.717, 1.165) is 37.2 Å². The molecule has 148 valence electrons. The van der Waals surface area contributed by atoms with Gasteiger partial charge in [-0.05, 0) is 54.8 Å². The van der Waals surface area contributed by atoms with Crippen molar-refractivity contribution in [2.45, 2.75) is 19.4 Å². The third-order valence-electron chi connectivity index (χ3n) is 5.10. The molecule has 0 bridgehead atoms. The molecular formula is C22H23N5O2. The molecule has 7 heteroatoms. The minimum Gasteiger partial charge on any atom is -0.370 e. The minimum absolute atomic E-state index is 0.224. The second kappa shape index (κ2) is 8.18. The fourth-order valence-electron chi connectivity index (χ4n) is 3.56. The fraction of sp³-hybridized carbons (Fsp3) is 0.227. The zero-order valence-electron chi connectivity index (χ0n) is 16.0. The van der Waals surface area contributed by atoms with Crippen LogP contribution in [0.3, 0.4) is 0 Å². The van der Waals surface area contributed by atoms with Crippen LogP contribution in [-0.2, 0) is 6.54 Å². The zero-order chi connectivity index (χ0) is 20.2. The average Bonchev–Trinajstić information content (AvgIpc) is 3.42. The molecular weight excluding hydrogens is 366 g/mol. The van der Waals surface area contributed by atoms with Gasteiger partial charge < -0.3 is 16.0 Å². The molecule has 0 atom stereocenters. The molecule has 1 aliphatic heterocycles. The standard InChI is InChI=1S/C22H23N5O2/c23-21(28)18-8-9-20(26-11-1-2-12-26)19(14-18)25-22(29)17-6-4-16(5-7-17)15-27-13-3-10-24-27/h3-10,13-14H,1-2,11-12,15H2,(H2,23,28)(H,25,29). The predicted molar refractivity (Wildman–Crippen MR) is 112 cm³/mol. The Morgan fingerprint density at radius 3 is 2.41 bits per heavy atom. The van der Waals surface area contributed by atoms with Gasteiger partial charge in [0.1, 0.15) is 0 Å². The third kappa shape index (κ3) is 4.29. The molecule has 1 aromatic heterocycles. The monoisotopic (exact) mass is 389 g/mol. The van der Waals surface area contributed by atoms with E-state index in [2.05, 4.69) is 15.3 Å². The third-order valence-corrected chi connectivity index (χ3v) is 5.10. The molecule has 3 N–H and O–H groups in total. The molecule has 0 radical (unpaired) electrons. The summed E-state index contributed by atoms with van der Waals surface area (Å²) in [5, 5.41) is 7.15. The smallest absolute Gasteiger partial charge is 0.255 e. The molecule has 0 aliphatic carbocycles. The van der Waals surface area contributed by atoms with E-state index in [1.807, 2.05) is 35.1 Å². The van der Waals surface area contributed by atoms with E-state index in [0.29, 0.717) is 23.4 Å². The maximum Gasteiger partial charge on any atom is 0.255 e. The molecule has 3 aromatic rings. The van der Waals surface area contributed by atoms with E-state index in [-0.39, 0.29) is 5.91 Å². The van der Waals surface area contributed by atoms with Crippen molar-refractivity contribution in [2.75, 3.05) is 23.3 Å². The molecule has 0 saturated carbocycles. The zero-order valence-corrected chi connectivity index (χ0v) is 16.0. The van der Waals surface area contributed by atoms with E-state index in [1.165, 1.54) is 0 Å². The van der Waals surface area contributed by atoms with E-state index < -0.39 is 5.91 Å². The van der Waals surface area contributed by atoms with Crippen LogP contribution in [0.1, 0.15) is 39.1 Å². The maximum absolute atomic E-state index is 12.8. The van der Waals surface area contributed by atoms with E-state index in [1.54, 1.807) is 30.5 Å². The van der Waals surface area contributed by atoms with Crippen molar-refractivity contribution in [3.63, 3.8) is 0 Å². The van der Waals surface area contributed by atoms with Crippen molar-refractivity contribution >= 4 is 23.2 Å². The number of aromatic nitrogens is 2. The lowest BCUT2D eigenvalue weighted by molar-refractivity contribution is 0.0996. The summed E-state index contributed by atoms with van der Waals surface area (Å²) in [4.78, 5) is 26.6. The molecule has 1 fully saturated rings. The van der Waals surface area contributed by atoms with Gasteiger partial charge in [-0.3, -0.25) is 14.3 Å². The van der Waals surface area contributed by atoms with Gasteiger partial charge in [-0.15, -0.1) is 0 Å². The van der Waals surface area contributed by atoms with Crippen LogP contribution in [0.25, 0.3) is 0 Å². The Bertz CT molecular complexity index is 1010. The highest BCUT2D eigenvalue weighted by molar-refractivity contribution is 6.07. The number of hydrogen-bond acceptors (Lipinski definition) is 4. The minimum atomic E-state index is -0.517. The van der Waals surface area contributed by atoms with Gasteiger partial charge in [0.2, 0.25) is 5.91 Å². The van der Waals surface area contributed by atoms with Crippen LogP contribution >= 0.6 is 0 Å². The molecule has 4 rings (SSSR count). The Kier molecular flexibility index (Phi) is 5.29. The number of carbonyl (C=O) groups excluding carboxylic acids is 2. The first kappa shape index (κ1) is 18.7. The summed E-state index contributed by atoms with van der Waals surface area (Å²) < 4.78 is 1.83. The first-order valence-corrected chi connectivity index (χ1v) is 9.67. The normalized spacial score (nSPS) is 13.4. The van der Waals surface area contributed by atoms with Crippen LogP contribution in [0.15, 0.2) is 60.9 Å². The highest BCUT2D eigenvalue weighted by Crippen LogP contribution is 2.30. The summed E-state index contributed by atoms with van der Waals surface area (Å²) in [7, 11) is 0. The number of hydrogen-bond donors (Lipinski definition) is 2. The molecule has 0 unspecified atom stereocenters. The van der Waals surface area contributed by atoms with Gasteiger partial charge >= 0.3 is 0 Å². The van der Waals surface area contributed by atoms with Gasteiger partial charge in [0, 0.05) is 36.6 Å². The highest BCUT2D eigenvalue weighted by Gasteiger charge is 2.19. The largest absolute Gasteiger partial charge is 0.370 e. The lowest BCUT2D eigenvalue weighted by Gasteiger charge is -2.22. The summed E-state index contributed by atoms with van der Waals surface area (Å²) in [6, 6.07) is 14.5. The Morgan fingerprint density at radius 2 is 1.76 bits per heavy atom. The predicted octanol–water partition coefficient (Wildman–Crippen LogP) is 2.88. The van der Waals surface area contributed by atoms with Crippen molar-refractivity contribution in [3.05, 3.63) is 77.6 Å². The van der Waals surface area contributed by atoms with Crippen LogP contribution in [0.5, 0.6) is 0 Å². The first-order chi connectivity index (χ1) is 14.1. The summed E-state index contributed by atoms with van der Waals surface area (Å²) in [6.45, 7) is 2.51. The van der Waals surface area contributed by atoms with E-state index >= 15 is 0 Å². The molecule has 1 saturated heterocycles. The summed E-state index contributed by atoms with van der Waals surface area (Å²) in [5.74, 6) is -0.742. The SMILES string of the molecule is NC(=O)c1ccc(N2CCCC2)c(NC(=O)c2ccc(Cn3cccn3)cc2)c1. The van der Waals surface area contributed by atoms with Crippen LogP contribution < -0.4 is 16.0 Å². The Hall–Kier alpha value is -3.61. The number of amides is 2. The number of carbonyl (C=O) groups is 2. The Morgan fingerprint density at radius 1 is 1.03 bits per heavy atom. The van der Waals surface area contributed by atoms with Gasteiger partial charge in [-0.25, -0.2) is 0 Å². The second-order valence-corrected chi connectivity index (χ2v) is 7.15. The number of benzene rings is 2. The molecule has 2 heterocycles. The van der Waals surface area contributed by atoms with Gasteiger partial charge in [-0.2, -0.15) is 5.10 Å². The van der Waals surface area contributed by atoms with Crippen LogP contribution in [-0.4, -0.2) is 34.7 Å². The maximum atomic E-state index is 12.8. The average molecular weight is 389 g/mol. The fourth-order valence-corrected chi connectivity index (χ4v) is 3.56.